The molecule has 0 saturated carbocycles. The van der Waals surface area contributed by atoms with Gasteiger partial charge in [0.15, 0.2) is 0 Å². The fraction of sp³-hybridized carbons (Fsp3) is 0.158. The Labute approximate surface area is 145 Å². The standard InChI is InChI=1S/C19H19N5O/c1-24(2)19-22-16-8-7-15(11-17(16)23-19)21-12-13-3-5-14(6-4-13)18-20-9-10-25-18/h3-11,21H,12H2,1-2H3,(H,22,23). The van der Waals surface area contributed by atoms with E-state index in [1.54, 1.807) is 12.5 Å². The Morgan fingerprint density at radius 2 is 1.96 bits per heavy atom. The Morgan fingerprint density at radius 1 is 1.12 bits per heavy atom. The monoisotopic (exact) mass is 333 g/mol. The first kappa shape index (κ1) is 15.3. The molecule has 0 atom stereocenters. The quantitative estimate of drug-likeness (QED) is 0.580. The van der Waals surface area contributed by atoms with Gasteiger partial charge in [0, 0.05) is 31.9 Å². The SMILES string of the molecule is CN(C)c1nc2cc(NCc3ccc(-c4ncco4)cc3)ccc2[nH]1. The molecule has 2 aromatic heterocycles. The van der Waals surface area contributed by atoms with Crippen molar-refractivity contribution in [2.75, 3.05) is 24.3 Å². The molecule has 6 nitrogen and oxygen atoms in total. The van der Waals surface area contributed by atoms with E-state index in [-0.39, 0.29) is 0 Å². The van der Waals surface area contributed by atoms with Crippen LogP contribution >= 0.6 is 0 Å². The molecule has 0 fully saturated rings. The predicted octanol–water partition coefficient (Wildman–Crippen LogP) is 3.90. The van der Waals surface area contributed by atoms with Gasteiger partial charge in [-0.25, -0.2) is 9.97 Å². The number of rotatable bonds is 5. The Hall–Kier alpha value is -3.28. The molecule has 2 aromatic carbocycles. The fourth-order valence-corrected chi connectivity index (χ4v) is 2.65. The lowest BCUT2D eigenvalue weighted by Gasteiger charge is -2.07. The van der Waals surface area contributed by atoms with Gasteiger partial charge in [0.1, 0.15) is 6.26 Å². The number of fused-ring (bicyclic) bond motifs is 1. The van der Waals surface area contributed by atoms with Gasteiger partial charge in [0.05, 0.1) is 17.2 Å². The van der Waals surface area contributed by atoms with Crippen molar-refractivity contribution in [1.29, 1.82) is 0 Å². The van der Waals surface area contributed by atoms with Crippen molar-refractivity contribution < 1.29 is 4.42 Å². The second-order valence-corrected chi connectivity index (χ2v) is 6.07. The fourth-order valence-electron chi connectivity index (χ4n) is 2.65. The van der Waals surface area contributed by atoms with Gasteiger partial charge in [-0.3, -0.25) is 0 Å². The number of anilines is 2. The van der Waals surface area contributed by atoms with Crippen LogP contribution in [0.4, 0.5) is 11.6 Å². The van der Waals surface area contributed by atoms with E-state index < -0.39 is 0 Å². The predicted molar refractivity (Wildman–Crippen MR) is 99.7 cm³/mol. The molecule has 2 N–H and O–H groups in total. The van der Waals surface area contributed by atoms with Crippen molar-refractivity contribution >= 4 is 22.7 Å². The Morgan fingerprint density at radius 3 is 2.68 bits per heavy atom. The number of oxazole rings is 1. The lowest BCUT2D eigenvalue weighted by atomic mass is 10.1. The third kappa shape index (κ3) is 3.19. The maximum absolute atomic E-state index is 5.31. The van der Waals surface area contributed by atoms with E-state index >= 15 is 0 Å². The van der Waals surface area contributed by atoms with Gasteiger partial charge < -0.3 is 19.6 Å². The minimum absolute atomic E-state index is 0.639. The Bertz CT molecular complexity index is 971. The van der Waals surface area contributed by atoms with Crippen LogP contribution in [-0.4, -0.2) is 29.0 Å². The van der Waals surface area contributed by atoms with Crippen LogP contribution in [0.3, 0.4) is 0 Å². The second kappa shape index (κ2) is 6.32. The minimum atomic E-state index is 0.639. The third-order valence-electron chi connectivity index (χ3n) is 4.02. The Balaban J connectivity index is 1.46. The molecule has 25 heavy (non-hydrogen) atoms. The van der Waals surface area contributed by atoms with Gasteiger partial charge in [0.25, 0.3) is 0 Å². The van der Waals surface area contributed by atoms with Crippen LogP contribution < -0.4 is 10.2 Å². The molecule has 0 aliphatic rings. The topological polar surface area (TPSA) is 70.0 Å². The number of aromatic nitrogens is 3. The molecule has 0 spiro atoms. The third-order valence-corrected chi connectivity index (χ3v) is 4.02. The number of hydrogen-bond donors (Lipinski definition) is 2. The lowest BCUT2D eigenvalue weighted by Crippen LogP contribution is -2.09. The highest BCUT2D eigenvalue weighted by molar-refractivity contribution is 5.81. The van der Waals surface area contributed by atoms with Crippen molar-refractivity contribution in [3.63, 3.8) is 0 Å². The molecule has 4 rings (SSSR count). The number of nitrogens with zero attached hydrogens (tertiary/aromatic N) is 3. The first-order valence-corrected chi connectivity index (χ1v) is 8.09. The molecule has 2 heterocycles. The zero-order valence-electron chi connectivity index (χ0n) is 14.2. The molecule has 0 unspecified atom stereocenters. The van der Waals surface area contributed by atoms with Crippen LogP contribution in [0.25, 0.3) is 22.5 Å². The molecule has 4 aromatic rings. The molecule has 0 bridgehead atoms. The minimum Gasteiger partial charge on any atom is -0.445 e. The molecule has 0 aliphatic carbocycles. The number of imidazole rings is 1. The summed E-state index contributed by atoms with van der Waals surface area (Å²) in [7, 11) is 3.94. The maximum Gasteiger partial charge on any atom is 0.225 e. The smallest absolute Gasteiger partial charge is 0.225 e. The summed E-state index contributed by atoms with van der Waals surface area (Å²) in [5, 5.41) is 3.44. The summed E-state index contributed by atoms with van der Waals surface area (Å²) < 4.78 is 5.31. The van der Waals surface area contributed by atoms with Crippen molar-refractivity contribution in [3.05, 3.63) is 60.5 Å². The van der Waals surface area contributed by atoms with E-state index in [0.29, 0.717) is 5.89 Å². The summed E-state index contributed by atoms with van der Waals surface area (Å²) in [5.74, 6) is 1.49. The van der Waals surface area contributed by atoms with E-state index in [1.165, 1.54) is 5.56 Å². The average Bonchev–Trinajstić information content (AvgIpc) is 3.29. The Kier molecular flexibility index (Phi) is 3.85. The van der Waals surface area contributed by atoms with Gasteiger partial charge in [-0.1, -0.05) is 12.1 Å². The van der Waals surface area contributed by atoms with Gasteiger partial charge in [-0.05, 0) is 35.9 Å². The van der Waals surface area contributed by atoms with E-state index in [2.05, 4.69) is 44.5 Å². The number of nitrogens with one attached hydrogen (secondary N) is 2. The van der Waals surface area contributed by atoms with Gasteiger partial charge in [0.2, 0.25) is 11.8 Å². The van der Waals surface area contributed by atoms with Crippen LogP contribution in [0.2, 0.25) is 0 Å². The summed E-state index contributed by atoms with van der Waals surface area (Å²) in [5.41, 5.74) is 5.19. The number of aromatic amines is 1. The van der Waals surface area contributed by atoms with Crippen LogP contribution in [0.1, 0.15) is 5.56 Å². The van der Waals surface area contributed by atoms with E-state index in [0.717, 1.165) is 34.8 Å². The highest BCUT2D eigenvalue weighted by Gasteiger charge is 2.06. The zero-order chi connectivity index (χ0) is 17.2. The largest absolute Gasteiger partial charge is 0.445 e. The van der Waals surface area contributed by atoms with Crippen LogP contribution in [0.15, 0.2) is 59.3 Å². The zero-order valence-corrected chi connectivity index (χ0v) is 14.2. The summed E-state index contributed by atoms with van der Waals surface area (Å²) in [6, 6.07) is 14.3. The molecule has 0 radical (unpaired) electrons. The van der Waals surface area contributed by atoms with Gasteiger partial charge in [-0.15, -0.1) is 0 Å². The molecule has 0 amide bonds. The van der Waals surface area contributed by atoms with E-state index in [9.17, 15) is 0 Å². The van der Waals surface area contributed by atoms with Gasteiger partial charge >= 0.3 is 0 Å². The highest BCUT2D eigenvalue weighted by atomic mass is 16.3. The summed E-state index contributed by atoms with van der Waals surface area (Å²) >= 11 is 0. The van der Waals surface area contributed by atoms with Crippen LogP contribution in [-0.2, 0) is 6.54 Å². The number of benzene rings is 2. The normalized spacial score (nSPS) is 11.0. The molecule has 6 heteroatoms. The number of H-pyrrole nitrogens is 1. The summed E-state index contributed by atoms with van der Waals surface area (Å²) in [6.45, 7) is 0.738. The molecule has 126 valence electrons. The number of hydrogen-bond acceptors (Lipinski definition) is 5. The van der Waals surface area contributed by atoms with Crippen molar-refractivity contribution in [2.24, 2.45) is 0 Å². The maximum atomic E-state index is 5.31. The molecule has 0 saturated heterocycles. The van der Waals surface area contributed by atoms with Crippen molar-refractivity contribution in [1.82, 2.24) is 15.0 Å². The first-order chi connectivity index (χ1) is 12.2. The average molecular weight is 333 g/mol. The lowest BCUT2D eigenvalue weighted by molar-refractivity contribution is 0.574. The second-order valence-electron chi connectivity index (χ2n) is 6.07. The van der Waals surface area contributed by atoms with Crippen molar-refractivity contribution in [3.8, 4) is 11.5 Å². The van der Waals surface area contributed by atoms with Crippen LogP contribution in [0.5, 0.6) is 0 Å². The highest BCUT2D eigenvalue weighted by Crippen LogP contribution is 2.21. The van der Waals surface area contributed by atoms with E-state index in [1.807, 2.05) is 37.2 Å². The summed E-state index contributed by atoms with van der Waals surface area (Å²) in [4.78, 5) is 14.0. The van der Waals surface area contributed by atoms with E-state index in [4.69, 9.17) is 4.42 Å². The van der Waals surface area contributed by atoms with Crippen LogP contribution in [0, 0.1) is 0 Å². The molecular formula is C19H19N5O. The molecule has 0 aliphatic heterocycles. The summed E-state index contributed by atoms with van der Waals surface area (Å²) in [6.07, 6.45) is 3.23. The van der Waals surface area contributed by atoms with Gasteiger partial charge in [-0.2, -0.15) is 0 Å². The molecular weight excluding hydrogens is 314 g/mol. The first-order valence-electron chi connectivity index (χ1n) is 8.09. The van der Waals surface area contributed by atoms with Crippen molar-refractivity contribution in [2.45, 2.75) is 6.54 Å².